The Morgan fingerprint density at radius 1 is 1.24 bits per heavy atom. The Labute approximate surface area is 148 Å². The predicted molar refractivity (Wildman–Crippen MR) is 98.1 cm³/mol. The molecule has 2 heterocycles. The van der Waals surface area contributed by atoms with E-state index in [1.165, 1.54) is 11.1 Å². The van der Waals surface area contributed by atoms with Gasteiger partial charge in [0.05, 0.1) is 0 Å². The van der Waals surface area contributed by atoms with Crippen molar-refractivity contribution in [1.82, 2.24) is 10.3 Å². The van der Waals surface area contributed by atoms with Crippen molar-refractivity contribution in [3.8, 4) is 0 Å². The molecule has 1 aromatic carbocycles. The summed E-state index contributed by atoms with van der Waals surface area (Å²) in [5.74, 6) is 0.456. The average Bonchev–Trinajstić information content (AvgIpc) is 2.65. The van der Waals surface area contributed by atoms with Crippen molar-refractivity contribution in [3.63, 3.8) is 0 Å². The number of pyridine rings is 1. The number of anilines is 1. The third-order valence-corrected chi connectivity index (χ3v) is 4.65. The molecule has 25 heavy (non-hydrogen) atoms. The molecule has 0 saturated carbocycles. The van der Waals surface area contributed by atoms with Crippen LogP contribution in [0.25, 0.3) is 0 Å². The molecule has 0 bridgehead atoms. The molecule has 1 aliphatic rings. The number of aliphatic hydroxyl groups excluding tert-OH is 1. The highest BCUT2D eigenvalue weighted by Gasteiger charge is 2.21. The van der Waals surface area contributed by atoms with Gasteiger partial charge in [0.15, 0.2) is 0 Å². The minimum absolute atomic E-state index is 0.105. The summed E-state index contributed by atoms with van der Waals surface area (Å²) < 4.78 is 0. The first-order valence-corrected chi connectivity index (χ1v) is 8.77. The van der Waals surface area contributed by atoms with E-state index < -0.39 is 6.10 Å². The van der Waals surface area contributed by atoms with Crippen LogP contribution >= 0.6 is 0 Å². The number of nitrogens with zero attached hydrogens (tertiary/aromatic N) is 2. The Bertz CT molecular complexity index is 745. The van der Waals surface area contributed by atoms with Gasteiger partial charge >= 0.3 is 0 Å². The number of carbonyl (C=O) groups excluding carboxylic acids is 1. The molecule has 132 valence electrons. The van der Waals surface area contributed by atoms with Gasteiger partial charge in [-0.2, -0.15) is 0 Å². The van der Waals surface area contributed by atoms with Crippen molar-refractivity contribution in [2.45, 2.75) is 39.5 Å². The lowest BCUT2D eigenvalue weighted by molar-refractivity contribution is -0.131. The van der Waals surface area contributed by atoms with Crippen LogP contribution in [0.3, 0.4) is 0 Å². The van der Waals surface area contributed by atoms with Crippen molar-refractivity contribution in [3.05, 3.63) is 59.3 Å². The minimum atomic E-state index is -0.984. The van der Waals surface area contributed by atoms with Crippen LogP contribution in [0, 0.1) is 5.92 Å². The molecule has 5 nitrogen and oxygen atoms in total. The van der Waals surface area contributed by atoms with Gasteiger partial charge in [0.2, 0.25) is 5.91 Å². The first-order chi connectivity index (χ1) is 12.1. The first kappa shape index (κ1) is 17.4. The number of carbonyl (C=O) groups is 1. The molecule has 0 aliphatic carbocycles. The quantitative estimate of drug-likeness (QED) is 0.877. The van der Waals surface area contributed by atoms with Gasteiger partial charge in [-0.25, -0.2) is 4.98 Å². The summed E-state index contributed by atoms with van der Waals surface area (Å²) in [6.45, 7) is 5.74. The van der Waals surface area contributed by atoms with Gasteiger partial charge in [-0.1, -0.05) is 44.2 Å². The molecule has 3 rings (SSSR count). The summed E-state index contributed by atoms with van der Waals surface area (Å²) in [6.07, 6.45) is 1.79. The molecule has 1 aliphatic heterocycles. The van der Waals surface area contributed by atoms with E-state index in [9.17, 15) is 9.90 Å². The molecular weight excluding hydrogens is 314 g/mol. The van der Waals surface area contributed by atoms with Crippen LogP contribution in [0.4, 0.5) is 5.82 Å². The number of aromatic nitrogens is 1. The van der Waals surface area contributed by atoms with Crippen LogP contribution < -0.4 is 10.2 Å². The number of fused-ring (bicyclic) bond motifs is 1. The lowest BCUT2D eigenvalue weighted by Gasteiger charge is -2.31. The van der Waals surface area contributed by atoms with Crippen molar-refractivity contribution in [1.29, 1.82) is 0 Å². The normalized spacial score (nSPS) is 15.0. The van der Waals surface area contributed by atoms with Crippen LogP contribution in [0.15, 0.2) is 42.6 Å². The van der Waals surface area contributed by atoms with E-state index in [1.807, 2.05) is 26.0 Å². The van der Waals surface area contributed by atoms with Gasteiger partial charge in [-0.05, 0) is 29.5 Å². The number of hydrogen-bond donors (Lipinski definition) is 2. The van der Waals surface area contributed by atoms with Gasteiger partial charge in [0, 0.05) is 31.4 Å². The van der Waals surface area contributed by atoms with E-state index in [0.717, 1.165) is 30.9 Å². The molecule has 0 radical (unpaired) electrons. The summed E-state index contributed by atoms with van der Waals surface area (Å²) in [5.41, 5.74) is 3.68. The van der Waals surface area contributed by atoms with Crippen molar-refractivity contribution in [2.75, 3.05) is 11.4 Å². The molecule has 2 N–H and O–H groups in total. The topological polar surface area (TPSA) is 65.5 Å². The van der Waals surface area contributed by atoms with E-state index in [4.69, 9.17) is 0 Å². The second-order valence-corrected chi connectivity index (χ2v) is 6.83. The number of aliphatic hydroxyl groups is 1. The van der Waals surface area contributed by atoms with Gasteiger partial charge < -0.3 is 15.3 Å². The van der Waals surface area contributed by atoms with Crippen LogP contribution in [0.2, 0.25) is 0 Å². The number of nitrogens with one attached hydrogen (secondary N) is 1. The van der Waals surface area contributed by atoms with E-state index in [1.54, 1.807) is 6.20 Å². The number of hydrogen-bond acceptors (Lipinski definition) is 4. The second-order valence-electron chi connectivity index (χ2n) is 6.83. The Kier molecular flexibility index (Phi) is 5.34. The zero-order chi connectivity index (χ0) is 17.8. The Balaban J connectivity index is 1.73. The third-order valence-electron chi connectivity index (χ3n) is 4.65. The van der Waals surface area contributed by atoms with Crippen molar-refractivity contribution in [2.24, 2.45) is 5.92 Å². The van der Waals surface area contributed by atoms with Gasteiger partial charge in [0.25, 0.3) is 0 Å². The zero-order valence-electron chi connectivity index (χ0n) is 14.8. The second kappa shape index (κ2) is 7.66. The standard InChI is InChI=1S/C20H25N3O2/c1-14(2)18(24)20(25)22-12-16-8-5-10-21-19(16)23-11-9-15-6-3-4-7-17(15)13-23/h3-8,10,14,18,24H,9,11-13H2,1-2H3,(H,22,25). The number of benzene rings is 1. The van der Waals surface area contributed by atoms with E-state index >= 15 is 0 Å². The monoisotopic (exact) mass is 339 g/mol. The molecule has 1 amide bonds. The minimum Gasteiger partial charge on any atom is -0.383 e. The van der Waals surface area contributed by atoms with E-state index in [-0.39, 0.29) is 11.8 Å². The summed E-state index contributed by atoms with van der Waals surface area (Å²) in [7, 11) is 0. The molecule has 1 aromatic heterocycles. The fraction of sp³-hybridized carbons (Fsp3) is 0.400. The lowest BCUT2D eigenvalue weighted by atomic mass is 9.99. The lowest BCUT2D eigenvalue weighted by Crippen LogP contribution is -2.38. The highest BCUT2D eigenvalue weighted by molar-refractivity contribution is 5.80. The molecule has 0 spiro atoms. The zero-order valence-corrected chi connectivity index (χ0v) is 14.8. The first-order valence-electron chi connectivity index (χ1n) is 8.77. The van der Waals surface area contributed by atoms with Crippen LogP contribution in [0.1, 0.15) is 30.5 Å². The molecule has 0 saturated heterocycles. The van der Waals surface area contributed by atoms with Crippen LogP contribution in [0.5, 0.6) is 0 Å². The highest BCUT2D eigenvalue weighted by Crippen LogP contribution is 2.25. The van der Waals surface area contributed by atoms with Gasteiger partial charge in [-0.15, -0.1) is 0 Å². The maximum atomic E-state index is 12.0. The third kappa shape index (κ3) is 3.99. The maximum absolute atomic E-state index is 12.0. The fourth-order valence-corrected chi connectivity index (χ4v) is 3.12. The van der Waals surface area contributed by atoms with E-state index in [0.29, 0.717) is 6.54 Å². The maximum Gasteiger partial charge on any atom is 0.249 e. The average molecular weight is 339 g/mol. The van der Waals surface area contributed by atoms with Crippen LogP contribution in [-0.2, 0) is 24.3 Å². The number of amides is 1. The smallest absolute Gasteiger partial charge is 0.249 e. The Morgan fingerprint density at radius 3 is 2.76 bits per heavy atom. The summed E-state index contributed by atoms with van der Waals surface area (Å²) in [4.78, 5) is 18.8. The molecule has 2 aromatic rings. The molecule has 1 unspecified atom stereocenters. The highest BCUT2D eigenvalue weighted by atomic mass is 16.3. The van der Waals surface area contributed by atoms with E-state index in [2.05, 4.69) is 39.5 Å². The van der Waals surface area contributed by atoms with Crippen molar-refractivity contribution >= 4 is 11.7 Å². The Hall–Kier alpha value is -2.40. The molecule has 0 fully saturated rings. The molecule has 1 atom stereocenters. The number of rotatable bonds is 5. The fourth-order valence-electron chi connectivity index (χ4n) is 3.12. The van der Waals surface area contributed by atoms with Crippen molar-refractivity contribution < 1.29 is 9.90 Å². The van der Waals surface area contributed by atoms with Gasteiger partial charge in [0.1, 0.15) is 11.9 Å². The largest absolute Gasteiger partial charge is 0.383 e. The summed E-state index contributed by atoms with van der Waals surface area (Å²) >= 11 is 0. The molecular formula is C20H25N3O2. The SMILES string of the molecule is CC(C)C(O)C(=O)NCc1cccnc1N1CCc2ccccc2C1. The Morgan fingerprint density at radius 2 is 2.00 bits per heavy atom. The van der Waals surface area contributed by atoms with Gasteiger partial charge in [-0.3, -0.25) is 4.79 Å². The van der Waals surface area contributed by atoms with Crippen LogP contribution in [-0.4, -0.2) is 28.6 Å². The predicted octanol–water partition coefficient (Wildman–Crippen LogP) is 2.28. The summed E-state index contributed by atoms with van der Waals surface area (Å²) in [5, 5.41) is 12.7. The molecule has 5 heteroatoms. The summed E-state index contributed by atoms with van der Waals surface area (Å²) in [6, 6.07) is 12.3.